The Bertz CT molecular complexity index is 876. The van der Waals surface area contributed by atoms with Gasteiger partial charge in [-0.05, 0) is 98.2 Å². The Balaban J connectivity index is 1.53. The predicted molar refractivity (Wildman–Crippen MR) is 127 cm³/mol. The molecule has 0 aromatic rings. The first kappa shape index (κ1) is 23.7. The molecule has 0 aliphatic heterocycles. The van der Waals surface area contributed by atoms with Crippen LogP contribution < -0.4 is 0 Å². The van der Waals surface area contributed by atoms with Crippen LogP contribution in [0, 0.1) is 23.2 Å². The standard InChI is InChI=1S/C28H40O4/c1-17(14-21-11-13-28(4,32)26(21)31)23-9-10-24-19(6-5-12-27(23,24)3)7-8-20-15-22(29)16-25(30)18(20)2/h7-8,14,17,22-25,29-30,32H,2,5-6,9-13,15-16H2,1,3-4H3/b19-7+,20-8-,21-14+/t17-,22-,23-,24?,25+,27-,28+/m1/s1. The Kier molecular flexibility index (Phi) is 6.43. The molecule has 32 heavy (non-hydrogen) atoms. The lowest BCUT2D eigenvalue weighted by Gasteiger charge is -2.44. The molecule has 1 unspecified atom stereocenters. The largest absolute Gasteiger partial charge is 0.393 e. The van der Waals surface area contributed by atoms with E-state index in [1.807, 2.05) is 0 Å². The second-order valence-corrected chi connectivity index (χ2v) is 11.3. The SMILES string of the molecule is C=C1/C(=C\C=C2/CCC[C@@]3(C)C2CC[C@@H]3[C@H](C)/C=C2\CC[C@](C)(O)C2=O)C[C@@H](O)C[C@@H]1O. The number of allylic oxidation sites excluding steroid dienone is 4. The molecular weight excluding hydrogens is 400 g/mol. The first-order chi connectivity index (χ1) is 15.0. The third-order valence-corrected chi connectivity index (χ3v) is 9.06. The number of fused-ring (bicyclic) bond motifs is 1. The molecule has 0 radical (unpaired) electrons. The van der Waals surface area contributed by atoms with Crippen LogP contribution in [0.1, 0.15) is 78.6 Å². The molecule has 0 bridgehead atoms. The molecule has 4 aliphatic rings. The van der Waals surface area contributed by atoms with E-state index in [-0.39, 0.29) is 11.2 Å². The Morgan fingerprint density at radius 3 is 2.53 bits per heavy atom. The molecule has 4 nitrogen and oxygen atoms in total. The summed E-state index contributed by atoms with van der Waals surface area (Å²) in [5.41, 5.74) is 3.04. The molecular formula is C28H40O4. The number of Topliss-reactive ketones (excluding diaryl/α,β-unsaturated/α-hetero) is 1. The second kappa shape index (κ2) is 8.70. The van der Waals surface area contributed by atoms with Gasteiger partial charge in [-0.15, -0.1) is 0 Å². The van der Waals surface area contributed by atoms with Crippen molar-refractivity contribution in [2.24, 2.45) is 23.2 Å². The Labute approximate surface area is 192 Å². The highest BCUT2D eigenvalue weighted by Crippen LogP contribution is 2.59. The zero-order chi connectivity index (χ0) is 23.3. The predicted octanol–water partition coefficient (Wildman–Crippen LogP) is 4.80. The van der Waals surface area contributed by atoms with E-state index in [0.717, 1.165) is 29.6 Å². The van der Waals surface area contributed by atoms with Crippen LogP contribution in [0.25, 0.3) is 0 Å². The number of hydrogen-bond acceptors (Lipinski definition) is 4. The average molecular weight is 441 g/mol. The molecule has 4 heteroatoms. The van der Waals surface area contributed by atoms with Crippen LogP contribution in [0.4, 0.5) is 0 Å². The minimum Gasteiger partial charge on any atom is -0.393 e. The molecule has 0 aromatic heterocycles. The van der Waals surface area contributed by atoms with Crippen LogP contribution in [0.3, 0.4) is 0 Å². The van der Waals surface area contributed by atoms with E-state index < -0.39 is 17.8 Å². The summed E-state index contributed by atoms with van der Waals surface area (Å²) in [6.07, 6.45) is 13.3. The summed E-state index contributed by atoms with van der Waals surface area (Å²) in [5, 5.41) is 30.5. The topological polar surface area (TPSA) is 77.8 Å². The van der Waals surface area contributed by atoms with Crippen LogP contribution in [0.5, 0.6) is 0 Å². The number of carbonyl (C=O) groups is 1. The van der Waals surface area contributed by atoms with E-state index >= 15 is 0 Å². The highest BCUT2D eigenvalue weighted by molar-refractivity contribution is 6.03. The normalized spacial score (nSPS) is 45.1. The van der Waals surface area contributed by atoms with Gasteiger partial charge in [0.25, 0.3) is 0 Å². The van der Waals surface area contributed by atoms with Crippen molar-refractivity contribution < 1.29 is 20.1 Å². The fourth-order valence-electron chi connectivity index (χ4n) is 7.15. The summed E-state index contributed by atoms with van der Waals surface area (Å²) in [6, 6.07) is 0. The molecule has 0 saturated heterocycles. The lowest BCUT2D eigenvalue weighted by atomic mass is 9.61. The number of rotatable bonds is 3. The third kappa shape index (κ3) is 4.22. The number of ketones is 1. The van der Waals surface area contributed by atoms with E-state index in [4.69, 9.17) is 0 Å². The van der Waals surface area contributed by atoms with Crippen molar-refractivity contribution in [1.29, 1.82) is 0 Å². The van der Waals surface area contributed by atoms with Crippen molar-refractivity contribution in [2.45, 2.75) is 96.4 Å². The van der Waals surface area contributed by atoms with Crippen molar-refractivity contribution in [3.63, 3.8) is 0 Å². The van der Waals surface area contributed by atoms with Crippen molar-refractivity contribution in [2.75, 3.05) is 0 Å². The monoisotopic (exact) mass is 440 g/mol. The van der Waals surface area contributed by atoms with Crippen molar-refractivity contribution in [3.05, 3.63) is 47.1 Å². The van der Waals surface area contributed by atoms with Gasteiger partial charge in [0, 0.05) is 6.42 Å². The summed E-state index contributed by atoms with van der Waals surface area (Å²) in [4.78, 5) is 12.5. The summed E-state index contributed by atoms with van der Waals surface area (Å²) >= 11 is 0. The highest BCUT2D eigenvalue weighted by atomic mass is 16.3. The van der Waals surface area contributed by atoms with Crippen LogP contribution in [0.2, 0.25) is 0 Å². The van der Waals surface area contributed by atoms with Gasteiger partial charge in [-0.25, -0.2) is 0 Å². The molecule has 0 spiro atoms. The van der Waals surface area contributed by atoms with Crippen LogP contribution >= 0.6 is 0 Å². The molecule has 4 saturated carbocycles. The van der Waals surface area contributed by atoms with Crippen molar-refractivity contribution in [3.8, 4) is 0 Å². The molecule has 3 N–H and O–H groups in total. The van der Waals surface area contributed by atoms with Crippen LogP contribution in [-0.2, 0) is 4.79 Å². The first-order valence-corrected chi connectivity index (χ1v) is 12.5. The minimum absolute atomic E-state index is 0.0861. The van der Waals surface area contributed by atoms with Gasteiger partial charge < -0.3 is 15.3 Å². The van der Waals surface area contributed by atoms with E-state index in [1.165, 1.54) is 24.8 Å². The quantitative estimate of drug-likeness (QED) is 0.551. The van der Waals surface area contributed by atoms with Crippen molar-refractivity contribution in [1.82, 2.24) is 0 Å². The molecule has 0 heterocycles. The van der Waals surface area contributed by atoms with Gasteiger partial charge in [0.2, 0.25) is 0 Å². The Hall–Kier alpha value is -1.49. The zero-order valence-corrected chi connectivity index (χ0v) is 19.9. The average Bonchev–Trinajstić information content (AvgIpc) is 3.21. The van der Waals surface area contributed by atoms with Gasteiger partial charge in [-0.2, -0.15) is 0 Å². The molecule has 0 aromatic carbocycles. The number of aliphatic hydroxyl groups is 3. The second-order valence-electron chi connectivity index (χ2n) is 11.3. The molecule has 4 fully saturated rings. The van der Waals surface area contributed by atoms with Crippen LogP contribution in [-0.4, -0.2) is 38.9 Å². The fourth-order valence-corrected chi connectivity index (χ4v) is 7.15. The first-order valence-electron chi connectivity index (χ1n) is 12.5. The minimum atomic E-state index is -1.19. The smallest absolute Gasteiger partial charge is 0.189 e. The van der Waals surface area contributed by atoms with Gasteiger partial charge >= 0.3 is 0 Å². The van der Waals surface area contributed by atoms with E-state index in [2.05, 4.69) is 38.7 Å². The number of carbonyl (C=O) groups excluding carboxylic acids is 1. The summed E-state index contributed by atoms with van der Waals surface area (Å²) in [7, 11) is 0. The van der Waals surface area contributed by atoms with E-state index in [0.29, 0.717) is 43.4 Å². The number of hydrogen-bond donors (Lipinski definition) is 3. The third-order valence-electron chi connectivity index (χ3n) is 9.06. The lowest BCUT2D eigenvalue weighted by Crippen LogP contribution is -2.36. The van der Waals surface area contributed by atoms with E-state index in [1.54, 1.807) is 6.92 Å². The maximum Gasteiger partial charge on any atom is 0.189 e. The van der Waals surface area contributed by atoms with Gasteiger partial charge in [-0.3, -0.25) is 4.79 Å². The van der Waals surface area contributed by atoms with Gasteiger partial charge in [0.15, 0.2) is 5.78 Å². The number of aliphatic hydroxyl groups excluding tert-OH is 2. The zero-order valence-electron chi connectivity index (χ0n) is 19.9. The van der Waals surface area contributed by atoms with E-state index in [9.17, 15) is 20.1 Å². The Morgan fingerprint density at radius 1 is 1.09 bits per heavy atom. The van der Waals surface area contributed by atoms with Gasteiger partial charge in [-0.1, -0.05) is 44.2 Å². The molecule has 176 valence electrons. The summed E-state index contributed by atoms with van der Waals surface area (Å²) in [5.74, 6) is 1.30. The maximum absolute atomic E-state index is 12.5. The molecule has 4 aliphatic carbocycles. The van der Waals surface area contributed by atoms with Gasteiger partial charge in [0.1, 0.15) is 5.60 Å². The molecule has 4 rings (SSSR count). The maximum atomic E-state index is 12.5. The summed E-state index contributed by atoms with van der Waals surface area (Å²) < 4.78 is 0. The lowest BCUT2D eigenvalue weighted by molar-refractivity contribution is -0.129. The summed E-state index contributed by atoms with van der Waals surface area (Å²) in [6.45, 7) is 10.4. The molecule has 0 amide bonds. The van der Waals surface area contributed by atoms with Crippen LogP contribution in [0.15, 0.2) is 47.1 Å². The Morgan fingerprint density at radius 2 is 1.84 bits per heavy atom. The molecule has 7 atom stereocenters. The van der Waals surface area contributed by atoms with Gasteiger partial charge in [0.05, 0.1) is 12.2 Å². The fraction of sp³-hybridized carbons (Fsp3) is 0.679. The highest BCUT2D eigenvalue weighted by Gasteiger charge is 2.50. The van der Waals surface area contributed by atoms with Crippen molar-refractivity contribution >= 4 is 5.78 Å².